The molecule has 2 rings (SSSR count). The zero-order chi connectivity index (χ0) is 12.3. The van der Waals surface area contributed by atoms with Gasteiger partial charge in [0.05, 0.1) is 5.69 Å². The van der Waals surface area contributed by atoms with Crippen molar-refractivity contribution in [1.82, 2.24) is 4.90 Å². The lowest BCUT2D eigenvalue weighted by atomic mass is 9.97. The summed E-state index contributed by atoms with van der Waals surface area (Å²) in [5.74, 6) is 0.367. The van der Waals surface area contributed by atoms with Crippen LogP contribution in [0.5, 0.6) is 0 Å². The van der Waals surface area contributed by atoms with Crippen molar-refractivity contribution in [3.05, 3.63) is 29.0 Å². The molecule has 0 spiro atoms. The van der Waals surface area contributed by atoms with Crippen molar-refractivity contribution in [2.24, 2.45) is 5.92 Å². The molecule has 1 aromatic rings. The molecule has 0 unspecified atom stereocenters. The van der Waals surface area contributed by atoms with E-state index in [1.54, 1.807) is 12.1 Å². The third-order valence-electron chi connectivity index (χ3n) is 3.35. The van der Waals surface area contributed by atoms with Gasteiger partial charge in [-0.15, -0.1) is 0 Å². The molecule has 1 N–H and O–H groups in total. The molecule has 94 valence electrons. The summed E-state index contributed by atoms with van der Waals surface area (Å²) in [4.78, 5) is 2.33. The van der Waals surface area contributed by atoms with Gasteiger partial charge in [-0.05, 0) is 57.1 Å². The van der Waals surface area contributed by atoms with Crippen LogP contribution in [0.15, 0.2) is 18.2 Å². The topological polar surface area (TPSA) is 15.3 Å². The number of hydrogen-bond acceptors (Lipinski definition) is 2. The van der Waals surface area contributed by atoms with E-state index in [2.05, 4.69) is 17.3 Å². The highest BCUT2D eigenvalue weighted by Crippen LogP contribution is 2.21. The van der Waals surface area contributed by atoms with E-state index in [9.17, 15) is 4.39 Å². The lowest BCUT2D eigenvalue weighted by Gasteiger charge is -2.29. The van der Waals surface area contributed by atoms with Crippen LogP contribution in [0.4, 0.5) is 10.1 Å². The fourth-order valence-electron chi connectivity index (χ4n) is 2.15. The molecule has 0 atom stereocenters. The summed E-state index contributed by atoms with van der Waals surface area (Å²) in [5, 5.41) is 3.61. The van der Waals surface area contributed by atoms with E-state index in [4.69, 9.17) is 11.6 Å². The number of likely N-dealkylation sites (tertiary alicyclic amines) is 1. The van der Waals surface area contributed by atoms with E-state index in [0.29, 0.717) is 16.6 Å². The van der Waals surface area contributed by atoms with E-state index in [1.807, 2.05) is 0 Å². The number of nitrogens with zero attached hydrogens (tertiary/aromatic N) is 1. The molecule has 1 saturated heterocycles. The molecule has 1 fully saturated rings. The fraction of sp³-hybridized carbons (Fsp3) is 0.538. The third-order valence-corrected chi connectivity index (χ3v) is 3.59. The van der Waals surface area contributed by atoms with E-state index in [0.717, 1.165) is 19.6 Å². The highest BCUT2D eigenvalue weighted by molar-refractivity contribution is 6.30. The minimum atomic E-state index is -0.273. The summed E-state index contributed by atoms with van der Waals surface area (Å²) in [5.41, 5.74) is 0.549. The molecule has 0 aromatic heterocycles. The maximum atomic E-state index is 13.5. The Morgan fingerprint density at radius 1 is 1.41 bits per heavy atom. The zero-order valence-electron chi connectivity index (χ0n) is 10.0. The highest BCUT2D eigenvalue weighted by atomic mass is 35.5. The number of rotatable bonds is 3. The summed E-state index contributed by atoms with van der Waals surface area (Å²) in [6.07, 6.45) is 2.36. The summed E-state index contributed by atoms with van der Waals surface area (Å²) in [6.45, 7) is 3.11. The van der Waals surface area contributed by atoms with Gasteiger partial charge in [0.25, 0.3) is 0 Å². The van der Waals surface area contributed by atoms with Gasteiger partial charge in [-0.3, -0.25) is 0 Å². The quantitative estimate of drug-likeness (QED) is 0.893. The van der Waals surface area contributed by atoms with Gasteiger partial charge in [-0.2, -0.15) is 0 Å². The van der Waals surface area contributed by atoms with Crippen LogP contribution in [0.25, 0.3) is 0 Å². The smallest absolute Gasteiger partial charge is 0.147 e. The predicted molar refractivity (Wildman–Crippen MR) is 70.1 cm³/mol. The lowest BCUT2D eigenvalue weighted by molar-refractivity contribution is 0.226. The first kappa shape index (κ1) is 12.7. The van der Waals surface area contributed by atoms with Gasteiger partial charge in [0.2, 0.25) is 0 Å². The summed E-state index contributed by atoms with van der Waals surface area (Å²) in [6, 6.07) is 4.76. The van der Waals surface area contributed by atoms with Gasteiger partial charge in [0.15, 0.2) is 0 Å². The second-order valence-electron chi connectivity index (χ2n) is 4.75. The van der Waals surface area contributed by atoms with Crippen molar-refractivity contribution in [3.8, 4) is 0 Å². The number of anilines is 1. The van der Waals surface area contributed by atoms with Crippen molar-refractivity contribution in [3.63, 3.8) is 0 Å². The lowest BCUT2D eigenvalue weighted by Crippen LogP contribution is -2.33. The van der Waals surface area contributed by atoms with Crippen LogP contribution in [0.3, 0.4) is 0 Å². The molecular formula is C13H18ClFN2. The fourth-order valence-corrected chi connectivity index (χ4v) is 2.31. The second-order valence-corrected chi connectivity index (χ2v) is 5.19. The van der Waals surface area contributed by atoms with E-state index < -0.39 is 0 Å². The van der Waals surface area contributed by atoms with E-state index in [-0.39, 0.29) is 5.82 Å². The Hall–Kier alpha value is -0.800. The van der Waals surface area contributed by atoms with Crippen LogP contribution in [-0.2, 0) is 0 Å². The average Bonchev–Trinajstić information content (AvgIpc) is 2.30. The number of halogens is 2. The van der Waals surface area contributed by atoms with Crippen LogP contribution in [0.1, 0.15) is 12.8 Å². The van der Waals surface area contributed by atoms with Crippen molar-refractivity contribution in [2.45, 2.75) is 12.8 Å². The number of nitrogens with one attached hydrogen (secondary N) is 1. The monoisotopic (exact) mass is 256 g/mol. The standard InChI is InChI=1S/C13H18ClFN2/c1-17-6-4-10(5-7-17)9-16-13-3-2-11(14)8-12(13)15/h2-3,8,10,16H,4-7,9H2,1H3. The van der Waals surface area contributed by atoms with Crippen molar-refractivity contribution in [2.75, 3.05) is 32.0 Å². The van der Waals surface area contributed by atoms with E-state index in [1.165, 1.54) is 18.9 Å². The maximum Gasteiger partial charge on any atom is 0.147 e. The normalized spacial score (nSPS) is 18.3. The van der Waals surface area contributed by atoms with Gasteiger partial charge in [-0.25, -0.2) is 4.39 Å². The molecule has 2 nitrogen and oxygen atoms in total. The molecule has 17 heavy (non-hydrogen) atoms. The number of hydrogen-bond donors (Lipinski definition) is 1. The van der Waals surface area contributed by atoms with Gasteiger partial charge < -0.3 is 10.2 Å². The van der Waals surface area contributed by atoms with Crippen LogP contribution in [0.2, 0.25) is 5.02 Å². The SMILES string of the molecule is CN1CCC(CNc2ccc(Cl)cc2F)CC1. The molecule has 4 heteroatoms. The van der Waals surface area contributed by atoms with Crippen LogP contribution in [-0.4, -0.2) is 31.6 Å². The van der Waals surface area contributed by atoms with Gasteiger partial charge in [-0.1, -0.05) is 11.6 Å². The van der Waals surface area contributed by atoms with Gasteiger partial charge in [0.1, 0.15) is 5.82 Å². The van der Waals surface area contributed by atoms with E-state index >= 15 is 0 Å². The maximum absolute atomic E-state index is 13.5. The van der Waals surface area contributed by atoms with Gasteiger partial charge in [0, 0.05) is 11.6 Å². The molecule has 1 aliphatic rings. The summed E-state index contributed by atoms with van der Waals surface area (Å²) >= 11 is 5.71. The van der Waals surface area contributed by atoms with Crippen LogP contribution < -0.4 is 5.32 Å². The van der Waals surface area contributed by atoms with Crippen LogP contribution >= 0.6 is 11.6 Å². The van der Waals surface area contributed by atoms with Gasteiger partial charge >= 0.3 is 0 Å². The number of piperidine rings is 1. The first-order valence-electron chi connectivity index (χ1n) is 6.02. The van der Waals surface area contributed by atoms with Crippen molar-refractivity contribution >= 4 is 17.3 Å². The first-order chi connectivity index (χ1) is 8.15. The molecule has 1 heterocycles. The molecule has 0 saturated carbocycles. The Labute approximate surface area is 107 Å². The van der Waals surface area contributed by atoms with Crippen molar-refractivity contribution in [1.29, 1.82) is 0 Å². The molecule has 1 aromatic carbocycles. The minimum Gasteiger partial charge on any atom is -0.382 e. The molecule has 0 bridgehead atoms. The average molecular weight is 257 g/mol. The highest BCUT2D eigenvalue weighted by Gasteiger charge is 2.16. The first-order valence-corrected chi connectivity index (χ1v) is 6.40. The summed E-state index contributed by atoms with van der Waals surface area (Å²) < 4.78 is 13.5. The Bertz CT molecular complexity index is 376. The van der Waals surface area contributed by atoms with Crippen LogP contribution in [0, 0.1) is 11.7 Å². The summed E-state index contributed by atoms with van der Waals surface area (Å²) in [7, 11) is 2.14. The third kappa shape index (κ3) is 3.58. The zero-order valence-corrected chi connectivity index (χ0v) is 10.8. The Balaban J connectivity index is 1.85. The molecule has 0 radical (unpaired) electrons. The Morgan fingerprint density at radius 2 is 2.12 bits per heavy atom. The molecular weight excluding hydrogens is 239 g/mol. The largest absolute Gasteiger partial charge is 0.382 e. The Morgan fingerprint density at radius 3 is 2.76 bits per heavy atom. The molecule has 1 aliphatic heterocycles. The minimum absolute atomic E-state index is 0.273. The number of benzene rings is 1. The van der Waals surface area contributed by atoms with Crippen molar-refractivity contribution < 1.29 is 4.39 Å². The molecule has 0 amide bonds. The predicted octanol–water partition coefficient (Wildman–Crippen LogP) is 3.23. The Kier molecular flexibility index (Phi) is 4.24. The second kappa shape index (κ2) is 5.69. The molecule has 0 aliphatic carbocycles.